The Morgan fingerprint density at radius 1 is 1.35 bits per heavy atom. The highest BCUT2D eigenvalue weighted by atomic mass is 16.5. The van der Waals surface area contributed by atoms with Crippen molar-refractivity contribution >= 4 is 0 Å². The summed E-state index contributed by atoms with van der Waals surface area (Å²) in [5.41, 5.74) is 5.22. The van der Waals surface area contributed by atoms with E-state index in [2.05, 4.69) is 5.10 Å². The van der Waals surface area contributed by atoms with Crippen molar-refractivity contribution < 1.29 is 9.15 Å². The van der Waals surface area contributed by atoms with Gasteiger partial charge in [0.2, 0.25) is 5.88 Å². The lowest BCUT2D eigenvalue weighted by molar-refractivity contribution is 0.371. The molecule has 0 fully saturated rings. The largest absolute Gasteiger partial charge is 0.480 e. The second-order valence-electron chi connectivity index (χ2n) is 3.44. The standard InChI is InChI=1S/C11H13N3O3/c1-16-10-4-5-11(15)14(13-10)7-9-3-2-8(6-12)17-9/h2-5H,6-7,12H2,1H3. The molecule has 0 aliphatic heterocycles. The summed E-state index contributed by atoms with van der Waals surface area (Å²) in [6.07, 6.45) is 0. The monoisotopic (exact) mass is 235 g/mol. The van der Waals surface area contributed by atoms with Crippen LogP contribution in [0, 0.1) is 0 Å². The van der Waals surface area contributed by atoms with Crippen LogP contribution in [-0.2, 0) is 13.1 Å². The molecule has 0 saturated heterocycles. The number of aromatic nitrogens is 2. The fraction of sp³-hybridized carbons (Fsp3) is 0.273. The first-order valence-corrected chi connectivity index (χ1v) is 5.12. The van der Waals surface area contributed by atoms with Crippen LogP contribution in [0.4, 0.5) is 0 Å². The molecule has 0 aliphatic carbocycles. The van der Waals surface area contributed by atoms with Gasteiger partial charge in [-0.25, -0.2) is 4.68 Å². The lowest BCUT2D eigenvalue weighted by atomic mass is 10.4. The normalized spacial score (nSPS) is 10.5. The minimum absolute atomic E-state index is 0.212. The summed E-state index contributed by atoms with van der Waals surface area (Å²) in [6, 6.07) is 6.47. The van der Waals surface area contributed by atoms with Gasteiger partial charge in [-0.05, 0) is 12.1 Å². The molecule has 6 heteroatoms. The number of furan rings is 1. The van der Waals surface area contributed by atoms with Gasteiger partial charge in [-0.2, -0.15) is 0 Å². The van der Waals surface area contributed by atoms with Crippen molar-refractivity contribution in [2.75, 3.05) is 7.11 Å². The molecule has 0 aromatic carbocycles. The number of nitrogens with two attached hydrogens (primary N) is 1. The van der Waals surface area contributed by atoms with Crippen LogP contribution in [0.2, 0.25) is 0 Å². The average Bonchev–Trinajstić information content (AvgIpc) is 2.80. The first kappa shape index (κ1) is 11.4. The molecule has 0 radical (unpaired) electrons. The average molecular weight is 235 g/mol. The molecular formula is C11H13N3O3. The lowest BCUT2D eigenvalue weighted by Crippen LogP contribution is -2.22. The Bertz CT molecular complexity index is 559. The van der Waals surface area contributed by atoms with Crippen LogP contribution >= 0.6 is 0 Å². The maximum absolute atomic E-state index is 11.5. The molecule has 2 aromatic heterocycles. The van der Waals surface area contributed by atoms with E-state index in [0.717, 1.165) is 0 Å². The summed E-state index contributed by atoms with van der Waals surface area (Å²) >= 11 is 0. The van der Waals surface area contributed by atoms with Crippen molar-refractivity contribution in [2.24, 2.45) is 5.73 Å². The van der Waals surface area contributed by atoms with E-state index in [-0.39, 0.29) is 12.1 Å². The maximum atomic E-state index is 11.5. The van der Waals surface area contributed by atoms with Gasteiger partial charge in [0.1, 0.15) is 18.1 Å². The van der Waals surface area contributed by atoms with Gasteiger partial charge in [-0.15, -0.1) is 5.10 Å². The highest BCUT2D eigenvalue weighted by molar-refractivity contribution is 5.09. The van der Waals surface area contributed by atoms with Gasteiger partial charge in [0.25, 0.3) is 5.56 Å². The molecule has 0 spiro atoms. The third-order valence-corrected chi connectivity index (χ3v) is 2.28. The van der Waals surface area contributed by atoms with Crippen LogP contribution in [0.1, 0.15) is 11.5 Å². The third-order valence-electron chi connectivity index (χ3n) is 2.28. The van der Waals surface area contributed by atoms with Crippen molar-refractivity contribution in [1.82, 2.24) is 9.78 Å². The van der Waals surface area contributed by atoms with E-state index in [1.807, 2.05) is 0 Å². The van der Waals surface area contributed by atoms with Gasteiger partial charge in [0.15, 0.2) is 0 Å². The molecule has 0 saturated carbocycles. The van der Waals surface area contributed by atoms with Gasteiger partial charge in [-0.3, -0.25) is 4.79 Å². The van der Waals surface area contributed by atoms with Gasteiger partial charge in [0.05, 0.1) is 13.7 Å². The van der Waals surface area contributed by atoms with E-state index in [9.17, 15) is 4.79 Å². The quantitative estimate of drug-likeness (QED) is 0.826. The van der Waals surface area contributed by atoms with Gasteiger partial charge < -0.3 is 14.9 Å². The Labute approximate surface area is 97.6 Å². The Balaban J connectivity index is 2.25. The van der Waals surface area contributed by atoms with Crippen LogP contribution in [-0.4, -0.2) is 16.9 Å². The first-order valence-electron chi connectivity index (χ1n) is 5.12. The Kier molecular flexibility index (Phi) is 3.24. The van der Waals surface area contributed by atoms with Crippen molar-refractivity contribution in [3.8, 4) is 5.88 Å². The highest BCUT2D eigenvalue weighted by Crippen LogP contribution is 2.08. The molecule has 0 unspecified atom stereocenters. The van der Waals surface area contributed by atoms with E-state index in [1.165, 1.54) is 23.9 Å². The van der Waals surface area contributed by atoms with Crippen LogP contribution < -0.4 is 16.0 Å². The van der Waals surface area contributed by atoms with E-state index in [0.29, 0.717) is 23.9 Å². The summed E-state index contributed by atoms with van der Waals surface area (Å²) in [5, 5.41) is 4.01. The van der Waals surface area contributed by atoms with Crippen molar-refractivity contribution in [2.45, 2.75) is 13.1 Å². The van der Waals surface area contributed by atoms with Crippen molar-refractivity contribution in [1.29, 1.82) is 0 Å². The Morgan fingerprint density at radius 3 is 2.76 bits per heavy atom. The molecule has 0 aliphatic rings. The van der Waals surface area contributed by atoms with E-state index in [4.69, 9.17) is 14.9 Å². The predicted octanol–water partition coefficient (Wildman–Crippen LogP) is 0.352. The Hall–Kier alpha value is -2.08. The van der Waals surface area contributed by atoms with Crippen LogP contribution in [0.3, 0.4) is 0 Å². The summed E-state index contributed by atoms with van der Waals surface area (Å²) in [6.45, 7) is 0.594. The molecule has 17 heavy (non-hydrogen) atoms. The van der Waals surface area contributed by atoms with E-state index in [1.54, 1.807) is 12.1 Å². The molecular weight excluding hydrogens is 222 g/mol. The van der Waals surface area contributed by atoms with Crippen molar-refractivity contribution in [3.05, 3.63) is 46.1 Å². The van der Waals surface area contributed by atoms with Gasteiger partial charge >= 0.3 is 0 Å². The summed E-state index contributed by atoms with van der Waals surface area (Å²) in [5.74, 6) is 1.69. The summed E-state index contributed by atoms with van der Waals surface area (Å²) < 4.78 is 11.6. The molecule has 2 N–H and O–H groups in total. The van der Waals surface area contributed by atoms with Gasteiger partial charge in [-0.1, -0.05) is 0 Å². The molecule has 2 aromatic rings. The number of methoxy groups -OCH3 is 1. The first-order chi connectivity index (χ1) is 8.22. The van der Waals surface area contributed by atoms with E-state index < -0.39 is 0 Å². The lowest BCUT2D eigenvalue weighted by Gasteiger charge is -2.03. The third kappa shape index (κ3) is 2.54. The Morgan fingerprint density at radius 2 is 2.12 bits per heavy atom. The summed E-state index contributed by atoms with van der Waals surface area (Å²) in [4.78, 5) is 11.5. The number of hydrogen-bond acceptors (Lipinski definition) is 5. The zero-order valence-corrected chi connectivity index (χ0v) is 9.42. The molecule has 90 valence electrons. The molecule has 0 atom stereocenters. The minimum atomic E-state index is -0.212. The maximum Gasteiger partial charge on any atom is 0.267 e. The van der Waals surface area contributed by atoms with Crippen LogP contribution in [0.5, 0.6) is 5.88 Å². The SMILES string of the molecule is COc1ccc(=O)n(Cc2ccc(CN)o2)n1. The smallest absolute Gasteiger partial charge is 0.267 e. The second-order valence-corrected chi connectivity index (χ2v) is 3.44. The second kappa shape index (κ2) is 4.84. The molecule has 2 heterocycles. The number of ether oxygens (including phenoxy) is 1. The van der Waals surface area contributed by atoms with Crippen LogP contribution in [0.25, 0.3) is 0 Å². The van der Waals surface area contributed by atoms with E-state index >= 15 is 0 Å². The minimum Gasteiger partial charge on any atom is -0.480 e. The molecule has 2 rings (SSSR count). The molecule has 0 bridgehead atoms. The zero-order valence-electron chi connectivity index (χ0n) is 9.42. The molecule has 6 nitrogen and oxygen atoms in total. The fourth-order valence-electron chi connectivity index (χ4n) is 1.42. The highest BCUT2D eigenvalue weighted by Gasteiger charge is 2.05. The van der Waals surface area contributed by atoms with Crippen LogP contribution in [0.15, 0.2) is 33.5 Å². The number of rotatable bonds is 4. The zero-order chi connectivity index (χ0) is 12.3. The summed E-state index contributed by atoms with van der Waals surface area (Å²) in [7, 11) is 1.50. The molecule has 0 amide bonds. The number of hydrogen-bond donors (Lipinski definition) is 1. The fourth-order valence-corrected chi connectivity index (χ4v) is 1.42. The topological polar surface area (TPSA) is 83.3 Å². The van der Waals surface area contributed by atoms with Crippen molar-refractivity contribution in [3.63, 3.8) is 0 Å². The van der Waals surface area contributed by atoms with Gasteiger partial charge in [0, 0.05) is 12.1 Å². The number of nitrogens with zero attached hydrogens (tertiary/aromatic N) is 2. The predicted molar refractivity (Wildman–Crippen MR) is 60.8 cm³/mol.